The number of rotatable bonds is 4. The smallest absolute Gasteiger partial charge is 0.254 e. The number of hydrogen-bond donors (Lipinski definition) is 0. The number of morpholine rings is 1. The molecule has 1 amide bonds. The normalized spacial score (nSPS) is 16.5. The maximum absolute atomic E-state index is 13.0. The Morgan fingerprint density at radius 1 is 0.931 bits per heavy atom. The Labute approximate surface area is 179 Å². The van der Waals surface area contributed by atoms with Crippen molar-refractivity contribution < 1.29 is 14.3 Å². The number of carbonyl (C=O) groups excluding carboxylic acids is 1. The van der Waals surface area contributed by atoms with Gasteiger partial charge in [0, 0.05) is 22.2 Å². The van der Waals surface area contributed by atoms with Crippen LogP contribution in [0.5, 0.6) is 11.5 Å². The van der Waals surface area contributed by atoms with Crippen LogP contribution in [0.4, 0.5) is 0 Å². The van der Waals surface area contributed by atoms with Gasteiger partial charge in [0.2, 0.25) is 0 Å². The van der Waals surface area contributed by atoms with Gasteiger partial charge in [-0.3, -0.25) is 4.79 Å². The molecule has 0 N–H and O–H groups in total. The molecule has 148 valence electrons. The molecule has 0 radical (unpaired) electrons. The van der Waals surface area contributed by atoms with Crippen LogP contribution in [0.3, 0.4) is 0 Å². The minimum Gasteiger partial charge on any atom is -0.457 e. The number of halogens is 2. The highest BCUT2D eigenvalue weighted by molar-refractivity contribution is 6.34. The fourth-order valence-corrected chi connectivity index (χ4v) is 3.81. The fourth-order valence-electron chi connectivity index (χ4n) is 3.27. The third-order valence-corrected chi connectivity index (χ3v) is 5.13. The van der Waals surface area contributed by atoms with Crippen LogP contribution in [0.25, 0.3) is 0 Å². The van der Waals surface area contributed by atoms with Gasteiger partial charge in [-0.2, -0.15) is 0 Å². The summed E-state index contributed by atoms with van der Waals surface area (Å²) in [4.78, 5) is 14.7. The van der Waals surface area contributed by atoms with Crippen molar-refractivity contribution in [3.63, 3.8) is 0 Å². The Bertz CT molecular complexity index is 973. The largest absolute Gasteiger partial charge is 0.457 e. The molecule has 1 aliphatic heterocycles. The van der Waals surface area contributed by atoms with Crippen molar-refractivity contribution in [2.24, 2.45) is 0 Å². The summed E-state index contributed by atoms with van der Waals surface area (Å²) in [6, 6.07) is 22.0. The highest BCUT2D eigenvalue weighted by atomic mass is 35.5. The lowest BCUT2D eigenvalue weighted by Crippen LogP contribution is -2.42. The quantitative estimate of drug-likeness (QED) is 0.512. The molecule has 4 rings (SSSR count). The van der Waals surface area contributed by atoms with Gasteiger partial charge in [0.25, 0.3) is 5.91 Å². The number of para-hydroxylation sites is 1. The Balaban J connectivity index is 1.44. The number of hydrogen-bond acceptors (Lipinski definition) is 3. The molecule has 1 heterocycles. The lowest BCUT2D eigenvalue weighted by atomic mass is 10.1. The molecule has 1 unspecified atom stereocenters. The molecule has 0 bridgehead atoms. The summed E-state index contributed by atoms with van der Waals surface area (Å²) >= 11 is 12.2. The van der Waals surface area contributed by atoms with Crippen LogP contribution in [-0.4, -0.2) is 30.5 Å². The molecular weight excluding hydrogens is 409 g/mol. The Hall–Kier alpha value is -2.53. The molecule has 1 saturated heterocycles. The first-order valence-electron chi connectivity index (χ1n) is 9.28. The Kier molecular flexibility index (Phi) is 6.05. The van der Waals surface area contributed by atoms with Gasteiger partial charge in [0.15, 0.2) is 0 Å². The first kappa shape index (κ1) is 19.8. The second-order valence-electron chi connectivity index (χ2n) is 6.75. The van der Waals surface area contributed by atoms with Crippen LogP contribution >= 0.6 is 23.2 Å². The topological polar surface area (TPSA) is 38.8 Å². The fraction of sp³-hybridized carbons (Fsp3) is 0.174. The van der Waals surface area contributed by atoms with Gasteiger partial charge in [-0.05, 0) is 60.2 Å². The number of ether oxygens (including phenoxy) is 2. The second-order valence-corrected chi connectivity index (χ2v) is 7.63. The van der Waals surface area contributed by atoms with Crippen molar-refractivity contribution in [1.82, 2.24) is 4.90 Å². The van der Waals surface area contributed by atoms with Crippen molar-refractivity contribution >= 4 is 29.1 Å². The Morgan fingerprint density at radius 3 is 2.28 bits per heavy atom. The molecule has 0 spiro atoms. The van der Waals surface area contributed by atoms with Crippen molar-refractivity contribution in [2.45, 2.75) is 6.10 Å². The number of amides is 1. The van der Waals surface area contributed by atoms with Gasteiger partial charge >= 0.3 is 0 Å². The number of benzene rings is 3. The van der Waals surface area contributed by atoms with Crippen LogP contribution < -0.4 is 4.74 Å². The summed E-state index contributed by atoms with van der Waals surface area (Å²) in [7, 11) is 0. The third kappa shape index (κ3) is 4.91. The molecule has 0 aliphatic carbocycles. The number of nitrogens with zero attached hydrogens (tertiary/aromatic N) is 1. The molecule has 3 aromatic rings. The molecule has 1 fully saturated rings. The van der Waals surface area contributed by atoms with E-state index in [1.54, 1.807) is 35.2 Å². The van der Waals surface area contributed by atoms with Gasteiger partial charge < -0.3 is 14.4 Å². The molecule has 4 nitrogen and oxygen atoms in total. The molecule has 1 aliphatic rings. The SMILES string of the molecule is O=C(c1ccc(Oc2ccccc2)cc1)N1CCOC(c2cc(Cl)cc(Cl)c2)C1. The Morgan fingerprint density at radius 2 is 1.59 bits per heavy atom. The van der Waals surface area contributed by atoms with E-state index in [-0.39, 0.29) is 12.0 Å². The van der Waals surface area contributed by atoms with E-state index in [0.29, 0.717) is 41.1 Å². The summed E-state index contributed by atoms with van der Waals surface area (Å²) < 4.78 is 11.6. The summed E-state index contributed by atoms with van der Waals surface area (Å²) in [5.41, 5.74) is 1.47. The van der Waals surface area contributed by atoms with Crippen molar-refractivity contribution in [2.75, 3.05) is 19.7 Å². The van der Waals surface area contributed by atoms with Crippen molar-refractivity contribution in [3.05, 3.63) is 94.0 Å². The lowest BCUT2D eigenvalue weighted by molar-refractivity contribution is -0.0228. The molecule has 29 heavy (non-hydrogen) atoms. The third-order valence-electron chi connectivity index (χ3n) is 4.69. The predicted molar refractivity (Wildman–Crippen MR) is 114 cm³/mol. The monoisotopic (exact) mass is 427 g/mol. The molecular formula is C23H19Cl2NO3. The molecule has 0 aromatic heterocycles. The van der Waals surface area contributed by atoms with Crippen LogP contribution in [0.2, 0.25) is 10.0 Å². The molecule has 3 aromatic carbocycles. The lowest BCUT2D eigenvalue weighted by Gasteiger charge is -2.33. The second kappa shape index (κ2) is 8.87. The zero-order chi connectivity index (χ0) is 20.2. The van der Waals surface area contributed by atoms with E-state index in [0.717, 1.165) is 11.3 Å². The van der Waals surface area contributed by atoms with Gasteiger partial charge in [0.05, 0.1) is 13.2 Å². The van der Waals surface area contributed by atoms with Gasteiger partial charge in [-0.1, -0.05) is 41.4 Å². The molecule has 1 atom stereocenters. The first-order valence-corrected chi connectivity index (χ1v) is 10.0. The highest BCUT2D eigenvalue weighted by Crippen LogP contribution is 2.29. The van der Waals surface area contributed by atoms with E-state index in [1.807, 2.05) is 42.5 Å². The minimum atomic E-state index is -0.260. The molecule has 6 heteroatoms. The van der Waals surface area contributed by atoms with Gasteiger partial charge in [-0.25, -0.2) is 0 Å². The average Bonchev–Trinajstić information content (AvgIpc) is 2.74. The first-order chi connectivity index (χ1) is 14.1. The van der Waals surface area contributed by atoms with E-state index in [2.05, 4.69) is 0 Å². The van der Waals surface area contributed by atoms with E-state index in [9.17, 15) is 4.79 Å². The van der Waals surface area contributed by atoms with Gasteiger partial charge in [-0.15, -0.1) is 0 Å². The molecule has 0 saturated carbocycles. The van der Waals surface area contributed by atoms with Crippen molar-refractivity contribution in [1.29, 1.82) is 0 Å². The van der Waals surface area contributed by atoms with Gasteiger partial charge in [0.1, 0.15) is 17.6 Å². The van der Waals surface area contributed by atoms with E-state index in [4.69, 9.17) is 32.7 Å². The number of carbonyl (C=O) groups is 1. The zero-order valence-electron chi connectivity index (χ0n) is 15.6. The van der Waals surface area contributed by atoms with E-state index >= 15 is 0 Å². The highest BCUT2D eigenvalue weighted by Gasteiger charge is 2.26. The average molecular weight is 428 g/mol. The van der Waals surface area contributed by atoms with E-state index < -0.39 is 0 Å². The standard InChI is InChI=1S/C23H19Cl2NO3/c24-18-12-17(13-19(25)14-18)22-15-26(10-11-28-22)23(27)16-6-8-21(9-7-16)29-20-4-2-1-3-5-20/h1-9,12-14,22H,10-11,15H2. The maximum Gasteiger partial charge on any atom is 0.254 e. The summed E-state index contributed by atoms with van der Waals surface area (Å²) in [6.07, 6.45) is -0.260. The minimum absolute atomic E-state index is 0.0438. The van der Waals surface area contributed by atoms with Crippen LogP contribution in [0, 0.1) is 0 Å². The predicted octanol–water partition coefficient (Wildman–Crippen LogP) is 6.00. The summed E-state index contributed by atoms with van der Waals surface area (Å²) in [5.74, 6) is 1.39. The van der Waals surface area contributed by atoms with Crippen LogP contribution in [-0.2, 0) is 4.74 Å². The zero-order valence-corrected chi connectivity index (χ0v) is 17.1. The summed E-state index contributed by atoms with van der Waals surface area (Å²) in [6.45, 7) is 1.43. The summed E-state index contributed by atoms with van der Waals surface area (Å²) in [5, 5.41) is 1.10. The van der Waals surface area contributed by atoms with Crippen LogP contribution in [0.1, 0.15) is 22.0 Å². The van der Waals surface area contributed by atoms with Crippen LogP contribution in [0.15, 0.2) is 72.8 Å². The van der Waals surface area contributed by atoms with Crippen molar-refractivity contribution in [3.8, 4) is 11.5 Å². The maximum atomic E-state index is 13.0. The van der Waals surface area contributed by atoms with E-state index in [1.165, 1.54) is 0 Å².